The molecule has 0 spiro atoms. The van der Waals surface area contributed by atoms with Crippen LogP contribution in [-0.2, 0) is 9.47 Å². The molecule has 0 aromatic heterocycles. The van der Waals surface area contributed by atoms with E-state index in [1.165, 1.54) is 11.9 Å². The van der Waals surface area contributed by atoms with Gasteiger partial charge in [0.25, 0.3) is 0 Å². The third-order valence-electron chi connectivity index (χ3n) is 3.39. The zero-order chi connectivity index (χ0) is 17.8. The third-order valence-corrected chi connectivity index (χ3v) is 3.39. The van der Waals surface area contributed by atoms with Gasteiger partial charge in [0.1, 0.15) is 0 Å². The van der Waals surface area contributed by atoms with Crippen LogP contribution in [0.1, 0.15) is 19.8 Å². The van der Waals surface area contributed by atoms with Gasteiger partial charge in [-0.1, -0.05) is 0 Å². The van der Waals surface area contributed by atoms with Crippen LogP contribution in [0.4, 0.5) is 13.2 Å². The molecule has 0 bridgehead atoms. The van der Waals surface area contributed by atoms with Crippen LogP contribution in [0.2, 0.25) is 0 Å². The van der Waals surface area contributed by atoms with Gasteiger partial charge in [0, 0.05) is 39.4 Å². The zero-order valence-electron chi connectivity index (χ0n) is 14.9. The van der Waals surface area contributed by atoms with E-state index in [9.17, 15) is 13.2 Å². The average molecular weight is 482 g/mol. The fourth-order valence-corrected chi connectivity index (χ4v) is 2.24. The summed E-state index contributed by atoms with van der Waals surface area (Å²) in [6.07, 6.45) is -2.23. The average Bonchev–Trinajstić information content (AvgIpc) is 2.98. The highest BCUT2D eigenvalue weighted by Gasteiger charge is 2.28. The Balaban J connectivity index is 0.00000576. The normalized spacial score (nSPS) is 18.3. The molecule has 1 atom stereocenters. The van der Waals surface area contributed by atoms with Gasteiger partial charge < -0.3 is 20.1 Å². The van der Waals surface area contributed by atoms with Crippen LogP contribution in [0, 0.1) is 0 Å². The molecule has 2 N–H and O–H groups in total. The number of rotatable bonds is 10. The van der Waals surface area contributed by atoms with Crippen LogP contribution in [-0.4, -0.2) is 82.7 Å². The number of nitrogens with one attached hydrogen (secondary N) is 2. The fraction of sp³-hybridized carbons (Fsp3) is 0.933. The number of alkyl halides is 3. The van der Waals surface area contributed by atoms with Gasteiger partial charge in [-0.15, -0.1) is 24.0 Å². The quantitative estimate of drug-likeness (QED) is 0.216. The second-order valence-corrected chi connectivity index (χ2v) is 5.75. The minimum absolute atomic E-state index is 0. The van der Waals surface area contributed by atoms with E-state index < -0.39 is 12.7 Å². The number of ether oxygens (including phenoxy) is 2. The number of aliphatic imine (C=N–C) groups is 1. The standard InChI is InChI=1S/C15H29F3N4O2.HI/c1-3-19-14(21-7-8-22(2)12-15(16,17)18)20-6-4-9-24-13-5-10-23-11-13;/h13H,3-12H2,1-2H3,(H2,19,20,21);1H. The van der Waals surface area contributed by atoms with Crippen LogP contribution >= 0.6 is 24.0 Å². The van der Waals surface area contributed by atoms with Crippen molar-refractivity contribution in [1.82, 2.24) is 15.5 Å². The Hall–Kier alpha value is -0.330. The number of nitrogens with zero attached hydrogens (tertiary/aromatic N) is 2. The molecule has 1 fully saturated rings. The van der Waals surface area contributed by atoms with E-state index >= 15 is 0 Å². The van der Waals surface area contributed by atoms with Crippen molar-refractivity contribution in [2.75, 3.05) is 59.6 Å². The van der Waals surface area contributed by atoms with Crippen LogP contribution in [0.5, 0.6) is 0 Å². The zero-order valence-corrected chi connectivity index (χ0v) is 17.2. The molecule has 150 valence electrons. The van der Waals surface area contributed by atoms with Gasteiger partial charge in [-0.2, -0.15) is 13.2 Å². The van der Waals surface area contributed by atoms with Crippen molar-refractivity contribution >= 4 is 29.9 Å². The SMILES string of the molecule is CCNC(=NCCCOC1CCOC1)NCCN(C)CC(F)(F)F.I. The molecule has 0 amide bonds. The fourth-order valence-electron chi connectivity index (χ4n) is 2.24. The molecule has 1 rings (SSSR count). The van der Waals surface area contributed by atoms with Crippen LogP contribution in [0.15, 0.2) is 4.99 Å². The second-order valence-electron chi connectivity index (χ2n) is 5.75. The molecule has 1 saturated heterocycles. The van der Waals surface area contributed by atoms with Crippen molar-refractivity contribution in [2.45, 2.75) is 32.0 Å². The summed E-state index contributed by atoms with van der Waals surface area (Å²) in [7, 11) is 1.45. The summed E-state index contributed by atoms with van der Waals surface area (Å²) < 4.78 is 47.6. The molecular formula is C15H30F3IN4O2. The van der Waals surface area contributed by atoms with E-state index in [1.54, 1.807) is 0 Å². The maximum Gasteiger partial charge on any atom is 0.401 e. The molecule has 0 radical (unpaired) electrons. The van der Waals surface area contributed by atoms with Gasteiger partial charge >= 0.3 is 6.18 Å². The molecular weight excluding hydrogens is 452 g/mol. The third kappa shape index (κ3) is 13.5. The van der Waals surface area contributed by atoms with Crippen molar-refractivity contribution in [3.8, 4) is 0 Å². The summed E-state index contributed by atoms with van der Waals surface area (Å²) in [6.45, 7) is 5.06. The van der Waals surface area contributed by atoms with E-state index in [-0.39, 0.29) is 36.6 Å². The highest BCUT2D eigenvalue weighted by molar-refractivity contribution is 14.0. The topological polar surface area (TPSA) is 58.1 Å². The Morgan fingerprint density at radius 3 is 2.72 bits per heavy atom. The highest BCUT2D eigenvalue weighted by Crippen LogP contribution is 2.14. The van der Waals surface area contributed by atoms with Gasteiger partial charge in [0.05, 0.1) is 19.3 Å². The van der Waals surface area contributed by atoms with Crippen molar-refractivity contribution < 1.29 is 22.6 Å². The number of likely N-dealkylation sites (N-methyl/N-ethyl adjacent to an activating group) is 1. The molecule has 1 aliphatic rings. The maximum absolute atomic E-state index is 12.2. The first kappa shape index (κ1) is 24.7. The van der Waals surface area contributed by atoms with Crippen molar-refractivity contribution in [1.29, 1.82) is 0 Å². The molecule has 6 nitrogen and oxygen atoms in total. The Kier molecular flexibility index (Phi) is 13.6. The molecule has 0 saturated carbocycles. The Labute approximate surface area is 164 Å². The number of guanidine groups is 1. The Bertz CT molecular complexity index is 367. The first-order valence-electron chi connectivity index (χ1n) is 8.37. The summed E-state index contributed by atoms with van der Waals surface area (Å²) >= 11 is 0. The molecule has 0 aromatic carbocycles. The van der Waals surface area contributed by atoms with Crippen LogP contribution < -0.4 is 10.6 Å². The predicted octanol–water partition coefficient (Wildman–Crippen LogP) is 1.85. The van der Waals surface area contributed by atoms with Gasteiger partial charge in [-0.05, 0) is 26.8 Å². The molecule has 0 aromatic rings. The smallest absolute Gasteiger partial charge is 0.379 e. The van der Waals surface area contributed by atoms with Gasteiger partial charge in [0.15, 0.2) is 5.96 Å². The first-order chi connectivity index (χ1) is 11.4. The molecule has 10 heteroatoms. The lowest BCUT2D eigenvalue weighted by molar-refractivity contribution is -0.142. The minimum Gasteiger partial charge on any atom is -0.379 e. The monoisotopic (exact) mass is 482 g/mol. The van der Waals surface area contributed by atoms with Gasteiger partial charge in [0.2, 0.25) is 0 Å². The Morgan fingerprint density at radius 2 is 2.12 bits per heavy atom. The van der Waals surface area contributed by atoms with E-state index in [0.717, 1.165) is 19.4 Å². The van der Waals surface area contributed by atoms with Crippen molar-refractivity contribution in [2.24, 2.45) is 4.99 Å². The maximum atomic E-state index is 12.2. The molecule has 1 heterocycles. The summed E-state index contributed by atoms with van der Waals surface area (Å²) in [6, 6.07) is 0. The van der Waals surface area contributed by atoms with E-state index in [2.05, 4.69) is 15.6 Å². The predicted molar refractivity (Wildman–Crippen MR) is 103 cm³/mol. The summed E-state index contributed by atoms with van der Waals surface area (Å²) in [5.41, 5.74) is 0. The lowest BCUT2D eigenvalue weighted by atomic mass is 10.3. The molecule has 1 unspecified atom stereocenters. The van der Waals surface area contributed by atoms with E-state index in [4.69, 9.17) is 9.47 Å². The summed E-state index contributed by atoms with van der Waals surface area (Å²) in [5.74, 6) is 0.613. The number of hydrogen-bond acceptors (Lipinski definition) is 4. The summed E-state index contributed by atoms with van der Waals surface area (Å²) in [4.78, 5) is 5.62. The van der Waals surface area contributed by atoms with Gasteiger partial charge in [-0.25, -0.2) is 0 Å². The van der Waals surface area contributed by atoms with Crippen molar-refractivity contribution in [3.63, 3.8) is 0 Å². The lowest BCUT2D eigenvalue weighted by Gasteiger charge is -2.19. The number of hydrogen-bond donors (Lipinski definition) is 2. The minimum atomic E-state index is -4.17. The van der Waals surface area contributed by atoms with Crippen LogP contribution in [0.25, 0.3) is 0 Å². The highest BCUT2D eigenvalue weighted by atomic mass is 127. The van der Waals surface area contributed by atoms with E-state index in [1.807, 2.05) is 6.92 Å². The molecule has 1 aliphatic heterocycles. The van der Waals surface area contributed by atoms with Gasteiger partial charge in [-0.3, -0.25) is 9.89 Å². The van der Waals surface area contributed by atoms with E-state index in [0.29, 0.717) is 38.8 Å². The largest absolute Gasteiger partial charge is 0.401 e. The molecule has 0 aliphatic carbocycles. The number of halogens is 4. The summed E-state index contributed by atoms with van der Waals surface area (Å²) in [5, 5.41) is 6.11. The first-order valence-corrected chi connectivity index (χ1v) is 8.37. The van der Waals surface area contributed by atoms with Crippen LogP contribution in [0.3, 0.4) is 0 Å². The molecule has 25 heavy (non-hydrogen) atoms. The Morgan fingerprint density at radius 1 is 1.36 bits per heavy atom. The van der Waals surface area contributed by atoms with Crippen molar-refractivity contribution in [3.05, 3.63) is 0 Å². The second kappa shape index (κ2) is 13.8. The lowest BCUT2D eigenvalue weighted by Crippen LogP contribution is -2.42.